The fraction of sp³-hybridized carbons (Fsp3) is 0.273. The molecule has 0 spiro atoms. The summed E-state index contributed by atoms with van der Waals surface area (Å²) in [6, 6.07) is 5.88. The summed E-state index contributed by atoms with van der Waals surface area (Å²) >= 11 is 0. The molecule has 0 saturated heterocycles. The Morgan fingerprint density at radius 3 is 2.78 bits per heavy atom. The van der Waals surface area contributed by atoms with Crippen LogP contribution < -0.4 is 4.74 Å². The first-order valence-corrected chi connectivity index (χ1v) is 5.13. The van der Waals surface area contributed by atoms with Crippen LogP contribution in [0.4, 0.5) is 8.78 Å². The monoisotopic (exact) mass is 256 g/mol. The van der Waals surface area contributed by atoms with Crippen molar-refractivity contribution in [2.45, 2.75) is 19.6 Å². The van der Waals surface area contributed by atoms with E-state index < -0.39 is 12.7 Å². The minimum absolute atomic E-state index is 0.000651. The lowest BCUT2D eigenvalue weighted by Gasteiger charge is -2.04. The fourth-order valence-electron chi connectivity index (χ4n) is 1.33. The summed E-state index contributed by atoms with van der Waals surface area (Å²) in [5, 5.41) is 12.8. The second-order valence-electron chi connectivity index (χ2n) is 3.54. The normalized spacial score (nSPS) is 12.7. The van der Waals surface area contributed by atoms with E-state index in [0.717, 1.165) is 0 Å². The SMILES string of the molecule is CC(O)c1noc(-c2cccc(OC(F)F)c2)n1. The Morgan fingerprint density at radius 2 is 2.17 bits per heavy atom. The number of aliphatic hydroxyl groups excluding tert-OH is 1. The van der Waals surface area contributed by atoms with Crippen LogP contribution in [0.25, 0.3) is 11.5 Å². The van der Waals surface area contributed by atoms with Crippen molar-refractivity contribution >= 4 is 0 Å². The number of aliphatic hydroxyl groups is 1. The van der Waals surface area contributed by atoms with Crippen molar-refractivity contribution in [2.75, 3.05) is 0 Å². The van der Waals surface area contributed by atoms with E-state index in [0.29, 0.717) is 5.56 Å². The number of rotatable bonds is 4. The molecule has 0 saturated carbocycles. The van der Waals surface area contributed by atoms with E-state index in [4.69, 9.17) is 4.52 Å². The van der Waals surface area contributed by atoms with E-state index in [1.165, 1.54) is 25.1 Å². The van der Waals surface area contributed by atoms with E-state index in [2.05, 4.69) is 14.9 Å². The summed E-state index contributed by atoms with van der Waals surface area (Å²) in [4.78, 5) is 3.93. The predicted octanol–water partition coefficient (Wildman–Crippen LogP) is 2.39. The summed E-state index contributed by atoms with van der Waals surface area (Å²) in [7, 11) is 0. The molecule has 1 aromatic carbocycles. The highest BCUT2D eigenvalue weighted by molar-refractivity contribution is 5.55. The van der Waals surface area contributed by atoms with Gasteiger partial charge in [0.2, 0.25) is 0 Å². The third-order valence-electron chi connectivity index (χ3n) is 2.12. The molecule has 0 fully saturated rings. The number of hydrogen-bond acceptors (Lipinski definition) is 5. The third kappa shape index (κ3) is 2.80. The minimum Gasteiger partial charge on any atom is -0.435 e. The van der Waals surface area contributed by atoms with E-state index in [9.17, 15) is 13.9 Å². The fourth-order valence-corrected chi connectivity index (χ4v) is 1.33. The highest BCUT2D eigenvalue weighted by Crippen LogP contribution is 2.24. The number of hydrogen-bond donors (Lipinski definition) is 1. The van der Waals surface area contributed by atoms with Crippen LogP contribution in [-0.2, 0) is 0 Å². The Labute approximate surface area is 101 Å². The molecule has 0 aliphatic carbocycles. The molecule has 18 heavy (non-hydrogen) atoms. The van der Waals surface area contributed by atoms with Gasteiger partial charge in [0.15, 0.2) is 5.82 Å². The first kappa shape index (κ1) is 12.4. The Balaban J connectivity index is 2.26. The van der Waals surface area contributed by atoms with Crippen molar-refractivity contribution in [3.8, 4) is 17.2 Å². The molecule has 1 atom stereocenters. The van der Waals surface area contributed by atoms with Crippen LogP contribution in [0.5, 0.6) is 5.75 Å². The van der Waals surface area contributed by atoms with Gasteiger partial charge in [-0.1, -0.05) is 11.2 Å². The lowest BCUT2D eigenvalue weighted by molar-refractivity contribution is -0.0498. The van der Waals surface area contributed by atoms with Gasteiger partial charge in [-0.2, -0.15) is 13.8 Å². The number of nitrogens with zero attached hydrogens (tertiary/aromatic N) is 2. The summed E-state index contributed by atoms with van der Waals surface area (Å²) in [5.41, 5.74) is 0.438. The zero-order chi connectivity index (χ0) is 13.1. The number of alkyl halides is 2. The Hall–Kier alpha value is -2.02. The molecule has 0 amide bonds. The van der Waals surface area contributed by atoms with E-state index >= 15 is 0 Å². The van der Waals surface area contributed by atoms with Gasteiger partial charge < -0.3 is 14.4 Å². The summed E-state index contributed by atoms with van der Waals surface area (Å²) in [6.07, 6.45) is -0.858. The number of halogens is 2. The Kier molecular flexibility index (Phi) is 3.52. The van der Waals surface area contributed by atoms with Crippen molar-refractivity contribution < 1.29 is 23.1 Å². The summed E-state index contributed by atoms with van der Waals surface area (Å²) < 4.78 is 33.3. The van der Waals surface area contributed by atoms with Crippen LogP contribution in [0, 0.1) is 0 Å². The van der Waals surface area contributed by atoms with E-state index in [1.54, 1.807) is 6.07 Å². The number of benzene rings is 1. The van der Waals surface area contributed by atoms with Crippen molar-refractivity contribution in [1.82, 2.24) is 10.1 Å². The Morgan fingerprint density at radius 1 is 1.39 bits per heavy atom. The van der Waals surface area contributed by atoms with Crippen LogP contribution in [0.2, 0.25) is 0 Å². The minimum atomic E-state index is -2.89. The topological polar surface area (TPSA) is 68.4 Å². The van der Waals surface area contributed by atoms with Crippen molar-refractivity contribution in [3.05, 3.63) is 30.1 Å². The molecule has 1 aromatic heterocycles. The van der Waals surface area contributed by atoms with Crippen molar-refractivity contribution in [3.63, 3.8) is 0 Å². The van der Waals surface area contributed by atoms with Crippen LogP contribution in [0.1, 0.15) is 18.9 Å². The van der Waals surface area contributed by atoms with Gasteiger partial charge >= 0.3 is 6.61 Å². The maximum Gasteiger partial charge on any atom is 0.387 e. The van der Waals surface area contributed by atoms with E-state index in [1.807, 2.05) is 0 Å². The molecule has 1 heterocycles. The van der Waals surface area contributed by atoms with Crippen molar-refractivity contribution in [1.29, 1.82) is 0 Å². The second-order valence-corrected chi connectivity index (χ2v) is 3.54. The first-order valence-electron chi connectivity index (χ1n) is 5.13. The third-order valence-corrected chi connectivity index (χ3v) is 2.12. The van der Waals surface area contributed by atoms with Gasteiger partial charge in [-0.3, -0.25) is 0 Å². The van der Waals surface area contributed by atoms with Gasteiger partial charge in [0.25, 0.3) is 5.89 Å². The maximum atomic E-state index is 12.1. The lowest BCUT2D eigenvalue weighted by Crippen LogP contribution is -2.01. The van der Waals surface area contributed by atoms with Gasteiger partial charge in [0.05, 0.1) is 0 Å². The zero-order valence-corrected chi connectivity index (χ0v) is 9.38. The molecule has 5 nitrogen and oxygen atoms in total. The van der Waals surface area contributed by atoms with E-state index in [-0.39, 0.29) is 17.5 Å². The molecule has 1 unspecified atom stereocenters. The molecule has 0 radical (unpaired) electrons. The quantitative estimate of drug-likeness (QED) is 0.909. The molecule has 0 aliphatic heterocycles. The standard InChI is InChI=1S/C11H10F2N2O3/c1-6(16)9-14-10(18-15-9)7-3-2-4-8(5-7)17-11(12)13/h2-6,11,16H,1H3. The highest BCUT2D eigenvalue weighted by Gasteiger charge is 2.13. The largest absolute Gasteiger partial charge is 0.435 e. The molecule has 1 N–H and O–H groups in total. The zero-order valence-electron chi connectivity index (χ0n) is 9.38. The average Bonchev–Trinajstić information content (AvgIpc) is 2.77. The molecular formula is C11H10F2N2O3. The average molecular weight is 256 g/mol. The maximum absolute atomic E-state index is 12.1. The van der Waals surface area contributed by atoms with Crippen LogP contribution >= 0.6 is 0 Å². The van der Waals surface area contributed by atoms with Crippen molar-refractivity contribution in [2.24, 2.45) is 0 Å². The Bertz CT molecular complexity index is 529. The smallest absolute Gasteiger partial charge is 0.387 e. The molecule has 0 aliphatic rings. The number of ether oxygens (including phenoxy) is 1. The van der Waals surface area contributed by atoms with Crippen LogP contribution in [-0.4, -0.2) is 21.9 Å². The molecular weight excluding hydrogens is 246 g/mol. The molecule has 2 aromatic rings. The van der Waals surface area contributed by atoms with Gasteiger partial charge in [-0.25, -0.2) is 0 Å². The second kappa shape index (κ2) is 5.09. The van der Waals surface area contributed by atoms with Gasteiger partial charge in [-0.15, -0.1) is 0 Å². The van der Waals surface area contributed by atoms with Crippen LogP contribution in [0.15, 0.2) is 28.8 Å². The molecule has 2 rings (SSSR count). The highest BCUT2D eigenvalue weighted by atomic mass is 19.3. The van der Waals surface area contributed by atoms with Gasteiger partial charge in [0, 0.05) is 5.56 Å². The summed E-state index contributed by atoms with van der Waals surface area (Å²) in [5.74, 6) is 0.259. The molecule has 7 heteroatoms. The van der Waals surface area contributed by atoms with Crippen LogP contribution in [0.3, 0.4) is 0 Å². The molecule has 0 bridgehead atoms. The summed E-state index contributed by atoms with van der Waals surface area (Å²) in [6.45, 7) is -1.40. The van der Waals surface area contributed by atoms with Gasteiger partial charge in [-0.05, 0) is 25.1 Å². The molecule has 96 valence electrons. The first-order chi connectivity index (χ1) is 8.56. The number of aromatic nitrogens is 2. The van der Waals surface area contributed by atoms with Gasteiger partial charge in [0.1, 0.15) is 11.9 Å². The predicted molar refractivity (Wildman–Crippen MR) is 57.0 cm³/mol. The lowest BCUT2D eigenvalue weighted by atomic mass is 10.2.